The van der Waals surface area contributed by atoms with E-state index in [1.807, 2.05) is 0 Å². The summed E-state index contributed by atoms with van der Waals surface area (Å²) in [6.45, 7) is 6.24. The zero-order valence-corrected chi connectivity index (χ0v) is 12.9. The number of hydrogen-bond acceptors (Lipinski definition) is 3. The minimum atomic E-state index is -0.0253. The number of nitriles is 2. The van der Waals surface area contributed by atoms with Crippen LogP contribution in [0.25, 0.3) is 0 Å². The molecule has 1 aliphatic heterocycles. The Bertz CT molecular complexity index is 552. The van der Waals surface area contributed by atoms with Crippen LogP contribution in [0, 0.1) is 35.5 Å². The summed E-state index contributed by atoms with van der Waals surface area (Å²) in [4.78, 5) is 2.42. The van der Waals surface area contributed by atoms with Crippen molar-refractivity contribution in [2.75, 3.05) is 13.1 Å². The summed E-state index contributed by atoms with van der Waals surface area (Å²) in [5.41, 5.74) is 2.80. The summed E-state index contributed by atoms with van der Waals surface area (Å²) in [6, 6.07) is 13.6. The SMILES string of the molecule is Cc1ccccc1[C@@H]1C[C@H](C)N(C[C@H](C#N)CCC#N)C1. The number of benzene rings is 1. The molecule has 2 rings (SSSR count). The molecule has 110 valence electrons. The van der Waals surface area contributed by atoms with Crippen molar-refractivity contribution in [3.8, 4) is 12.1 Å². The fourth-order valence-electron chi connectivity index (χ4n) is 3.34. The van der Waals surface area contributed by atoms with E-state index in [1.54, 1.807) is 0 Å². The molecule has 1 aromatic carbocycles. The van der Waals surface area contributed by atoms with Gasteiger partial charge in [0.15, 0.2) is 0 Å². The Morgan fingerprint density at radius 3 is 2.76 bits per heavy atom. The van der Waals surface area contributed by atoms with Crippen molar-refractivity contribution >= 4 is 0 Å². The van der Waals surface area contributed by atoms with Gasteiger partial charge in [-0.2, -0.15) is 10.5 Å². The highest BCUT2D eigenvalue weighted by Gasteiger charge is 2.31. The molecule has 1 saturated heterocycles. The maximum Gasteiger partial charge on any atom is 0.0669 e. The molecule has 0 aliphatic carbocycles. The van der Waals surface area contributed by atoms with Crippen LogP contribution in [-0.2, 0) is 0 Å². The molecular formula is C18H23N3. The highest BCUT2D eigenvalue weighted by molar-refractivity contribution is 5.30. The molecule has 3 nitrogen and oxygen atoms in total. The summed E-state index contributed by atoms with van der Waals surface area (Å²) in [5.74, 6) is 0.541. The standard InChI is InChI=1S/C18H23N3/c1-14-6-3-4-8-18(14)17-10-15(2)21(13-17)12-16(11-20)7-5-9-19/h3-4,6,8,15-17H,5,7,10,12-13H2,1-2H3/t15-,16-,17+/m0/s1. The molecule has 0 unspecified atom stereocenters. The molecule has 1 heterocycles. The molecule has 0 amide bonds. The third-order valence-corrected chi connectivity index (χ3v) is 4.57. The lowest BCUT2D eigenvalue weighted by atomic mass is 9.93. The third-order valence-electron chi connectivity index (χ3n) is 4.57. The molecule has 0 radical (unpaired) electrons. The van der Waals surface area contributed by atoms with Gasteiger partial charge in [-0.1, -0.05) is 24.3 Å². The third kappa shape index (κ3) is 3.84. The van der Waals surface area contributed by atoms with Gasteiger partial charge in [-0.15, -0.1) is 0 Å². The van der Waals surface area contributed by atoms with Crippen LogP contribution in [0.3, 0.4) is 0 Å². The minimum absolute atomic E-state index is 0.0253. The van der Waals surface area contributed by atoms with Gasteiger partial charge in [0.05, 0.1) is 18.1 Å². The lowest BCUT2D eigenvalue weighted by Gasteiger charge is -2.23. The van der Waals surface area contributed by atoms with Gasteiger partial charge in [-0.3, -0.25) is 4.90 Å². The first kappa shape index (κ1) is 15.5. The smallest absolute Gasteiger partial charge is 0.0669 e. The Balaban J connectivity index is 2.00. The summed E-state index contributed by atoms with van der Waals surface area (Å²) in [5, 5.41) is 17.9. The highest BCUT2D eigenvalue weighted by atomic mass is 15.2. The van der Waals surface area contributed by atoms with Crippen LogP contribution in [0.15, 0.2) is 24.3 Å². The quantitative estimate of drug-likeness (QED) is 0.828. The van der Waals surface area contributed by atoms with E-state index in [0.717, 1.165) is 19.5 Å². The Labute approximate surface area is 127 Å². The topological polar surface area (TPSA) is 50.8 Å². The van der Waals surface area contributed by atoms with Crippen molar-refractivity contribution in [2.24, 2.45) is 5.92 Å². The second kappa shape index (κ2) is 7.25. The first-order valence-corrected chi connectivity index (χ1v) is 7.71. The molecule has 0 saturated carbocycles. The van der Waals surface area contributed by atoms with Crippen molar-refractivity contribution in [3.05, 3.63) is 35.4 Å². The van der Waals surface area contributed by atoms with Crippen LogP contribution in [0.1, 0.15) is 43.2 Å². The monoisotopic (exact) mass is 281 g/mol. The van der Waals surface area contributed by atoms with E-state index in [0.29, 0.717) is 24.8 Å². The number of hydrogen-bond donors (Lipinski definition) is 0. The van der Waals surface area contributed by atoms with E-state index in [-0.39, 0.29) is 5.92 Å². The van der Waals surface area contributed by atoms with E-state index in [1.165, 1.54) is 11.1 Å². The average Bonchev–Trinajstić information content (AvgIpc) is 2.84. The van der Waals surface area contributed by atoms with Gasteiger partial charge in [-0.25, -0.2) is 0 Å². The van der Waals surface area contributed by atoms with E-state index in [9.17, 15) is 5.26 Å². The summed E-state index contributed by atoms with van der Waals surface area (Å²) >= 11 is 0. The zero-order valence-electron chi connectivity index (χ0n) is 12.9. The molecule has 21 heavy (non-hydrogen) atoms. The molecule has 0 spiro atoms. The van der Waals surface area contributed by atoms with Crippen LogP contribution in [0.4, 0.5) is 0 Å². The Kier molecular flexibility index (Phi) is 5.37. The van der Waals surface area contributed by atoms with Gasteiger partial charge in [0.1, 0.15) is 0 Å². The summed E-state index contributed by atoms with van der Waals surface area (Å²) in [6.07, 6.45) is 2.31. The maximum absolute atomic E-state index is 9.24. The van der Waals surface area contributed by atoms with Gasteiger partial charge in [-0.05, 0) is 43.7 Å². The molecule has 0 aromatic heterocycles. The average molecular weight is 281 g/mol. The number of nitrogens with zero attached hydrogens (tertiary/aromatic N) is 3. The predicted octanol–water partition coefficient (Wildman–Crippen LogP) is 3.62. The molecule has 1 fully saturated rings. The van der Waals surface area contributed by atoms with Crippen molar-refractivity contribution in [2.45, 2.75) is 45.1 Å². The number of aryl methyl sites for hydroxylation is 1. The second-order valence-electron chi connectivity index (χ2n) is 6.11. The van der Waals surface area contributed by atoms with Crippen molar-refractivity contribution in [1.82, 2.24) is 4.90 Å². The first-order chi connectivity index (χ1) is 10.2. The van der Waals surface area contributed by atoms with Crippen molar-refractivity contribution in [3.63, 3.8) is 0 Å². The fraction of sp³-hybridized carbons (Fsp3) is 0.556. The number of rotatable bonds is 5. The molecule has 1 aliphatic rings. The van der Waals surface area contributed by atoms with Crippen LogP contribution >= 0.6 is 0 Å². The van der Waals surface area contributed by atoms with Crippen molar-refractivity contribution < 1.29 is 0 Å². The van der Waals surface area contributed by atoms with Gasteiger partial charge in [0.2, 0.25) is 0 Å². The molecule has 0 bridgehead atoms. The maximum atomic E-state index is 9.24. The molecule has 0 N–H and O–H groups in total. The first-order valence-electron chi connectivity index (χ1n) is 7.71. The normalized spacial score (nSPS) is 23.4. The van der Waals surface area contributed by atoms with E-state index >= 15 is 0 Å². The predicted molar refractivity (Wildman–Crippen MR) is 83.5 cm³/mol. The summed E-state index contributed by atoms with van der Waals surface area (Å²) in [7, 11) is 0. The Hall–Kier alpha value is -1.84. The van der Waals surface area contributed by atoms with Gasteiger partial charge in [0, 0.05) is 25.6 Å². The lowest BCUT2D eigenvalue weighted by molar-refractivity contribution is 0.240. The number of likely N-dealkylation sites (tertiary alicyclic amines) is 1. The van der Waals surface area contributed by atoms with Crippen LogP contribution in [0.5, 0.6) is 0 Å². The largest absolute Gasteiger partial charge is 0.299 e. The van der Waals surface area contributed by atoms with Crippen molar-refractivity contribution in [1.29, 1.82) is 10.5 Å². The van der Waals surface area contributed by atoms with E-state index < -0.39 is 0 Å². The Morgan fingerprint density at radius 1 is 1.33 bits per heavy atom. The van der Waals surface area contributed by atoms with Crippen LogP contribution in [0.2, 0.25) is 0 Å². The van der Waals surface area contributed by atoms with Gasteiger partial charge in [0.25, 0.3) is 0 Å². The highest BCUT2D eigenvalue weighted by Crippen LogP contribution is 2.33. The summed E-state index contributed by atoms with van der Waals surface area (Å²) < 4.78 is 0. The van der Waals surface area contributed by atoms with Crippen LogP contribution < -0.4 is 0 Å². The molecule has 1 aromatic rings. The molecule has 3 heteroatoms. The lowest BCUT2D eigenvalue weighted by Crippen LogP contribution is -2.32. The Morgan fingerprint density at radius 2 is 2.10 bits per heavy atom. The zero-order chi connectivity index (χ0) is 15.2. The second-order valence-corrected chi connectivity index (χ2v) is 6.11. The fourth-order valence-corrected chi connectivity index (χ4v) is 3.34. The van der Waals surface area contributed by atoms with Gasteiger partial charge < -0.3 is 0 Å². The minimum Gasteiger partial charge on any atom is -0.299 e. The molecular weight excluding hydrogens is 258 g/mol. The van der Waals surface area contributed by atoms with E-state index in [2.05, 4.69) is 55.2 Å². The van der Waals surface area contributed by atoms with Gasteiger partial charge >= 0.3 is 0 Å². The van der Waals surface area contributed by atoms with Crippen LogP contribution in [-0.4, -0.2) is 24.0 Å². The van der Waals surface area contributed by atoms with E-state index in [4.69, 9.17) is 5.26 Å². The molecule has 3 atom stereocenters.